The van der Waals surface area contributed by atoms with Crippen LogP contribution >= 0.6 is 11.6 Å². The Kier molecular flexibility index (Phi) is 5.41. The lowest BCUT2D eigenvalue weighted by Gasteiger charge is -2.20. The number of carbonyl (C=O) groups is 1. The first kappa shape index (κ1) is 16.3. The molecule has 0 radical (unpaired) electrons. The average Bonchev–Trinajstić information content (AvgIpc) is 2.90. The summed E-state index contributed by atoms with van der Waals surface area (Å²) in [6, 6.07) is 6.44. The molecule has 0 saturated carbocycles. The number of nitrogens with zero attached hydrogens (tertiary/aromatic N) is 2. The average molecular weight is 323 g/mol. The van der Waals surface area contributed by atoms with Gasteiger partial charge in [0.15, 0.2) is 0 Å². The first-order chi connectivity index (χ1) is 10.5. The Morgan fingerprint density at radius 2 is 2.09 bits per heavy atom. The molecule has 0 unspecified atom stereocenters. The Balaban J connectivity index is 2.21. The van der Waals surface area contributed by atoms with E-state index in [2.05, 4.69) is 15.6 Å². The van der Waals surface area contributed by atoms with Gasteiger partial charge in [-0.1, -0.05) is 23.7 Å². The molecule has 7 heteroatoms. The number of aromatic nitrogens is 2. The van der Waals surface area contributed by atoms with Gasteiger partial charge in [-0.05, 0) is 24.6 Å². The molecular formula is C15H19ClN4O2. The first-order valence-corrected chi connectivity index (χ1v) is 7.30. The molecule has 3 N–H and O–H groups in total. The number of halogens is 1. The van der Waals surface area contributed by atoms with Crippen LogP contribution in [-0.4, -0.2) is 33.3 Å². The molecule has 2 rings (SSSR count). The fourth-order valence-electron chi connectivity index (χ4n) is 2.03. The minimum Gasteiger partial charge on any atom is -0.392 e. The van der Waals surface area contributed by atoms with Gasteiger partial charge >= 0.3 is 6.03 Å². The molecule has 1 heterocycles. The van der Waals surface area contributed by atoms with Gasteiger partial charge in [0.1, 0.15) is 11.9 Å². The normalized spacial score (nSPS) is 13.5. The Hall–Kier alpha value is -2.05. The zero-order chi connectivity index (χ0) is 16.1. The lowest BCUT2D eigenvalue weighted by Crippen LogP contribution is -2.41. The minimum absolute atomic E-state index is 0.180. The van der Waals surface area contributed by atoms with Gasteiger partial charge in [0, 0.05) is 31.0 Å². The summed E-state index contributed by atoms with van der Waals surface area (Å²) in [5.74, 6) is 0.703. The van der Waals surface area contributed by atoms with Crippen molar-refractivity contribution in [1.82, 2.24) is 20.2 Å². The minimum atomic E-state index is -0.604. The van der Waals surface area contributed by atoms with Crippen LogP contribution in [0.4, 0.5) is 4.79 Å². The molecule has 0 saturated heterocycles. The first-order valence-electron chi connectivity index (χ1n) is 6.92. The predicted molar refractivity (Wildman–Crippen MR) is 84.7 cm³/mol. The molecule has 0 bridgehead atoms. The molecule has 2 atom stereocenters. The maximum Gasteiger partial charge on any atom is 0.315 e. The van der Waals surface area contributed by atoms with Gasteiger partial charge in [0.05, 0.1) is 6.10 Å². The number of imidazole rings is 1. The number of benzene rings is 1. The van der Waals surface area contributed by atoms with Crippen LogP contribution in [0.15, 0.2) is 36.7 Å². The van der Waals surface area contributed by atoms with Crippen LogP contribution in [0.25, 0.3) is 0 Å². The van der Waals surface area contributed by atoms with E-state index in [9.17, 15) is 9.90 Å². The van der Waals surface area contributed by atoms with Crippen LogP contribution in [0.3, 0.4) is 0 Å². The number of aliphatic hydroxyl groups excluding tert-OH is 1. The molecule has 6 nitrogen and oxygen atoms in total. The second-order valence-electron chi connectivity index (χ2n) is 5.08. The molecule has 22 heavy (non-hydrogen) atoms. The van der Waals surface area contributed by atoms with Gasteiger partial charge in [-0.2, -0.15) is 0 Å². The van der Waals surface area contributed by atoms with Gasteiger partial charge in [0.25, 0.3) is 0 Å². The van der Waals surface area contributed by atoms with Crippen molar-refractivity contribution >= 4 is 17.6 Å². The van der Waals surface area contributed by atoms with Crippen LogP contribution in [-0.2, 0) is 7.05 Å². The number of hydrogen-bond donors (Lipinski definition) is 3. The lowest BCUT2D eigenvalue weighted by molar-refractivity contribution is 0.187. The third kappa shape index (κ3) is 4.22. The summed E-state index contributed by atoms with van der Waals surface area (Å²) >= 11 is 5.91. The molecule has 1 aromatic heterocycles. The SMILES string of the molecule is C[C@H](O)CNC(=O)N[C@@H](c1ccc(Cl)cc1)c1nccn1C. The quantitative estimate of drug-likeness (QED) is 0.786. The monoisotopic (exact) mass is 322 g/mol. The van der Waals surface area contributed by atoms with Crippen molar-refractivity contribution in [2.75, 3.05) is 6.54 Å². The van der Waals surface area contributed by atoms with Gasteiger partial charge < -0.3 is 20.3 Å². The van der Waals surface area contributed by atoms with Crippen molar-refractivity contribution in [2.45, 2.75) is 19.1 Å². The third-order valence-corrected chi connectivity index (χ3v) is 3.41. The van der Waals surface area contributed by atoms with Crippen LogP contribution in [0.5, 0.6) is 0 Å². The highest BCUT2D eigenvalue weighted by atomic mass is 35.5. The summed E-state index contributed by atoms with van der Waals surface area (Å²) in [4.78, 5) is 16.3. The number of carbonyl (C=O) groups excluding carboxylic acids is 1. The van der Waals surface area contributed by atoms with Gasteiger partial charge in [-0.25, -0.2) is 9.78 Å². The molecule has 0 spiro atoms. The summed E-state index contributed by atoms with van der Waals surface area (Å²) < 4.78 is 1.84. The molecule has 118 valence electrons. The maximum absolute atomic E-state index is 12.0. The molecule has 0 aliphatic heterocycles. The van der Waals surface area contributed by atoms with E-state index in [1.54, 1.807) is 25.3 Å². The lowest BCUT2D eigenvalue weighted by atomic mass is 10.1. The molecule has 2 amide bonds. The van der Waals surface area contributed by atoms with Crippen LogP contribution in [0.2, 0.25) is 5.02 Å². The maximum atomic E-state index is 12.0. The van der Waals surface area contributed by atoms with Gasteiger partial charge in [0.2, 0.25) is 0 Å². The Bertz CT molecular complexity index is 625. The summed E-state index contributed by atoms with van der Waals surface area (Å²) in [5, 5.41) is 15.3. The molecular weight excluding hydrogens is 304 g/mol. The summed E-state index contributed by atoms with van der Waals surface area (Å²) in [6.45, 7) is 1.79. The highest BCUT2D eigenvalue weighted by Gasteiger charge is 2.20. The topological polar surface area (TPSA) is 79.2 Å². The van der Waals surface area contributed by atoms with E-state index in [-0.39, 0.29) is 12.6 Å². The molecule has 0 fully saturated rings. The van der Waals surface area contributed by atoms with Crippen molar-refractivity contribution in [3.8, 4) is 0 Å². The van der Waals surface area contributed by atoms with Gasteiger partial charge in [-0.3, -0.25) is 0 Å². The second-order valence-corrected chi connectivity index (χ2v) is 5.52. The number of amides is 2. The van der Waals surface area contributed by atoms with Gasteiger partial charge in [-0.15, -0.1) is 0 Å². The van der Waals surface area contributed by atoms with Crippen LogP contribution in [0, 0.1) is 0 Å². The van der Waals surface area contributed by atoms with Crippen molar-refractivity contribution in [2.24, 2.45) is 7.05 Å². The van der Waals surface area contributed by atoms with Crippen molar-refractivity contribution in [3.63, 3.8) is 0 Å². The third-order valence-electron chi connectivity index (χ3n) is 3.15. The highest BCUT2D eigenvalue weighted by Crippen LogP contribution is 2.22. The fourth-order valence-corrected chi connectivity index (χ4v) is 2.16. The second kappa shape index (κ2) is 7.29. The largest absolute Gasteiger partial charge is 0.392 e. The number of urea groups is 1. The summed E-state index contributed by atoms with van der Waals surface area (Å²) in [5.41, 5.74) is 0.867. The Labute approximate surface area is 134 Å². The molecule has 1 aromatic carbocycles. The van der Waals surface area contributed by atoms with E-state index >= 15 is 0 Å². The predicted octanol–water partition coefficient (Wildman–Crippen LogP) is 1.84. The number of hydrogen-bond acceptors (Lipinski definition) is 3. The Morgan fingerprint density at radius 1 is 1.41 bits per heavy atom. The molecule has 0 aliphatic carbocycles. The van der Waals surface area contributed by atoms with Crippen molar-refractivity contribution in [1.29, 1.82) is 0 Å². The number of nitrogens with one attached hydrogen (secondary N) is 2. The molecule has 0 aliphatic rings. The van der Waals surface area contributed by atoms with E-state index in [0.29, 0.717) is 10.8 Å². The van der Waals surface area contributed by atoms with E-state index in [1.165, 1.54) is 0 Å². The highest BCUT2D eigenvalue weighted by molar-refractivity contribution is 6.30. The number of rotatable bonds is 5. The van der Waals surface area contributed by atoms with Crippen LogP contribution < -0.4 is 10.6 Å². The summed E-state index contributed by atoms with van der Waals surface area (Å²) in [7, 11) is 1.86. The zero-order valence-corrected chi connectivity index (χ0v) is 13.2. The van der Waals surface area contributed by atoms with Crippen LogP contribution in [0.1, 0.15) is 24.4 Å². The van der Waals surface area contributed by atoms with Crippen molar-refractivity contribution < 1.29 is 9.90 Å². The van der Waals surface area contributed by atoms with E-state index < -0.39 is 12.1 Å². The van der Waals surface area contributed by atoms with E-state index in [4.69, 9.17) is 11.6 Å². The Morgan fingerprint density at radius 3 is 2.64 bits per heavy atom. The summed E-state index contributed by atoms with van der Waals surface area (Å²) in [6.07, 6.45) is 2.88. The number of aryl methyl sites for hydroxylation is 1. The number of aliphatic hydroxyl groups is 1. The standard InChI is InChI=1S/C15H19ClN4O2/c1-10(21)9-18-15(22)19-13(14-17-7-8-20(14)2)11-3-5-12(16)6-4-11/h3-8,10,13,21H,9H2,1-2H3,(H2,18,19,22)/t10-,13-/m0/s1. The zero-order valence-electron chi connectivity index (χ0n) is 12.5. The van der Waals surface area contributed by atoms with E-state index in [1.807, 2.05) is 29.9 Å². The smallest absolute Gasteiger partial charge is 0.315 e. The van der Waals surface area contributed by atoms with Crippen molar-refractivity contribution in [3.05, 3.63) is 53.1 Å². The fraction of sp³-hybridized carbons (Fsp3) is 0.333. The van der Waals surface area contributed by atoms with E-state index in [0.717, 1.165) is 5.56 Å². The molecule has 2 aromatic rings.